The summed E-state index contributed by atoms with van der Waals surface area (Å²) in [6.45, 7) is 0.666. The van der Waals surface area contributed by atoms with Crippen LogP contribution in [0.15, 0.2) is 48.5 Å². The van der Waals surface area contributed by atoms with E-state index < -0.39 is 0 Å². The number of thioether (sulfide) groups is 1. The molecule has 3 atom stereocenters. The molecular weight excluding hydrogens is 412 g/mol. The van der Waals surface area contributed by atoms with Gasteiger partial charge in [-0.2, -0.15) is 0 Å². The third-order valence-electron chi connectivity index (χ3n) is 5.03. The Kier molecular flexibility index (Phi) is 5.96. The van der Waals surface area contributed by atoms with E-state index in [2.05, 4.69) is 16.1 Å². The summed E-state index contributed by atoms with van der Waals surface area (Å²) in [5.74, 6) is 0.457. The molecule has 3 N–H and O–H groups in total. The van der Waals surface area contributed by atoms with Crippen molar-refractivity contribution in [1.82, 2.24) is 21.1 Å². The van der Waals surface area contributed by atoms with E-state index in [4.69, 9.17) is 16.3 Å². The first-order chi connectivity index (χ1) is 14.0. The van der Waals surface area contributed by atoms with Crippen LogP contribution in [0.2, 0.25) is 5.02 Å². The van der Waals surface area contributed by atoms with Crippen LogP contribution < -0.4 is 16.1 Å². The van der Waals surface area contributed by atoms with Crippen molar-refractivity contribution in [2.45, 2.75) is 23.3 Å². The molecule has 2 saturated heterocycles. The lowest BCUT2D eigenvalue weighted by atomic mass is 9.97. The quantitative estimate of drug-likeness (QED) is 0.630. The number of amides is 2. The molecule has 0 spiro atoms. The van der Waals surface area contributed by atoms with Crippen molar-refractivity contribution in [1.29, 1.82) is 0 Å². The summed E-state index contributed by atoms with van der Waals surface area (Å²) >= 11 is 7.59. The maximum atomic E-state index is 12.5. The van der Waals surface area contributed by atoms with Gasteiger partial charge >= 0.3 is 12.0 Å². The average molecular weight is 433 g/mol. The van der Waals surface area contributed by atoms with Crippen LogP contribution in [0.1, 0.15) is 27.4 Å². The third-order valence-corrected chi connectivity index (χ3v) is 6.37. The molecule has 152 valence electrons. The fraction of sp³-hybridized carbons (Fsp3) is 0.300. The standard InChI is InChI=1S/C20H21ClN4O3S/c1-28-18(26)14-4-2-12(3-5-14)11-29-19-23-17-16(10-22-25(17)20(27)24-19)13-6-8-15(21)9-7-13/h2-9,16-17,19,22-23H,10-11H2,1H3,(H,24,27). The smallest absolute Gasteiger partial charge is 0.337 e. The topological polar surface area (TPSA) is 82.7 Å². The van der Waals surface area contributed by atoms with Crippen LogP contribution >= 0.6 is 23.4 Å². The van der Waals surface area contributed by atoms with Crippen LogP contribution in [0.4, 0.5) is 4.79 Å². The molecule has 2 aromatic carbocycles. The number of carbonyl (C=O) groups excluding carboxylic acids is 2. The number of nitrogens with zero attached hydrogens (tertiary/aromatic N) is 1. The highest BCUT2D eigenvalue weighted by atomic mass is 35.5. The Bertz CT molecular complexity index is 894. The van der Waals surface area contributed by atoms with Gasteiger partial charge in [-0.05, 0) is 35.4 Å². The van der Waals surface area contributed by atoms with Crippen LogP contribution in [-0.2, 0) is 10.5 Å². The maximum absolute atomic E-state index is 12.5. The van der Waals surface area contributed by atoms with E-state index in [9.17, 15) is 9.59 Å². The van der Waals surface area contributed by atoms with Gasteiger partial charge in [-0.1, -0.05) is 35.9 Å². The zero-order valence-corrected chi connectivity index (χ0v) is 17.3. The number of esters is 1. The van der Waals surface area contributed by atoms with Crippen LogP contribution in [0, 0.1) is 0 Å². The molecule has 0 aromatic heterocycles. The first-order valence-electron chi connectivity index (χ1n) is 9.19. The third kappa shape index (κ3) is 4.35. The zero-order valence-electron chi connectivity index (χ0n) is 15.7. The normalized spacial score (nSPS) is 23.4. The average Bonchev–Trinajstić information content (AvgIpc) is 3.17. The van der Waals surface area contributed by atoms with E-state index in [-0.39, 0.29) is 29.6 Å². The predicted octanol–water partition coefficient (Wildman–Crippen LogP) is 2.89. The van der Waals surface area contributed by atoms with Crippen molar-refractivity contribution in [2.24, 2.45) is 0 Å². The Morgan fingerprint density at radius 2 is 1.93 bits per heavy atom. The Morgan fingerprint density at radius 3 is 2.62 bits per heavy atom. The van der Waals surface area contributed by atoms with E-state index in [1.54, 1.807) is 28.9 Å². The Labute approximate surface area is 178 Å². The number of benzene rings is 2. The van der Waals surface area contributed by atoms with Crippen LogP contribution in [-0.4, -0.2) is 42.3 Å². The van der Waals surface area contributed by atoms with Gasteiger partial charge in [-0.15, -0.1) is 11.8 Å². The molecule has 2 fully saturated rings. The number of halogens is 1. The SMILES string of the molecule is COC(=O)c1ccc(CSC2NC(=O)N3NCC(c4ccc(Cl)cc4)C3N2)cc1. The van der Waals surface area contributed by atoms with Crippen molar-refractivity contribution in [3.8, 4) is 0 Å². The molecular formula is C20H21ClN4O3S. The second kappa shape index (κ2) is 8.62. The highest BCUT2D eigenvalue weighted by Crippen LogP contribution is 2.30. The Hall–Kier alpha value is -2.26. The van der Waals surface area contributed by atoms with Gasteiger partial charge in [0.15, 0.2) is 0 Å². The van der Waals surface area contributed by atoms with Gasteiger partial charge in [0.1, 0.15) is 11.7 Å². The molecule has 2 amide bonds. The van der Waals surface area contributed by atoms with E-state index in [1.807, 2.05) is 36.4 Å². The van der Waals surface area contributed by atoms with Gasteiger partial charge in [0.05, 0.1) is 12.7 Å². The number of carbonyl (C=O) groups is 2. The molecule has 29 heavy (non-hydrogen) atoms. The number of hydrazine groups is 1. The summed E-state index contributed by atoms with van der Waals surface area (Å²) in [5.41, 5.74) is 5.63. The molecule has 2 aromatic rings. The zero-order chi connectivity index (χ0) is 20.4. The molecule has 0 saturated carbocycles. The van der Waals surface area contributed by atoms with Crippen molar-refractivity contribution < 1.29 is 14.3 Å². The highest BCUT2D eigenvalue weighted by Gasteiger charge is 2.43. The number of ether oxygens (including phenoxy) is 1. The lowest BCUT2D eigenvalue weighted by Crippen LogP contribution is -2.65. The lowest BCUT2D eigenvalue weighted by molar-refractivity contribution is 0.0600. The van der Waals surface area contributed by atoms with Crippen molar-refractivity contribution >= 4 is 35.4 Å². The molecule has 0 bridgehead atoms. The maximum Gasteiger partial charge on any atom is 0.337 e. The molecule has 9 heteroatoms. The van der Waals surface area contributed by atoms with Gasteiger partial charge in [0.2, 0.25) is 0 Å². The van der Waals surface area contributed by atoms with Gasteiger partial charge in [0.25, 0.3) is 0 Å². The molecule has 0 aliphatic carbocycles. The predicted molar refractivity (Wildman–Crippen MR) is 112 cm³/mol. The van der Waals surface area contributed by atoms with Crippen LogP contribution in [0.3, 0.4) is 0 Å². The minimum Gasteiger partial charge on any atom is -0.465 e. The first-order valence-corrected chi connectivity index (χ1v) is 10.6. The van der Waals surface area contributed by atoms with Crippen molar-refractivity contribution in [3.63, 3.8) is 0 Å². The van der Waals surface area contributed by atoms with E-state index in [1.165, 1.54) is 7.11 Å². The van der Waals surface area contributed by atoms with Crippen LogP contribution in [0.25, 0.3) is 0 Å². The second-order valence-electron chi connectivity index (χ2n) is 6.83. The number of urea groups is 1. The number of methoxy groups -OCH3 is 1. The minimum absolute atomic E-state index is 0.126. The summed E-state index contributed by atoms with van der Waals surface area (Å²) in [6, 6.07) is 14.9. The molecule has 2 aliphatic heterocycles. The summed E-state index contributed by atoms with van der Waals surface area (Å²) in [6.07, 6.45) is -0.149. The van der Waals surface area contributed by atoms with Gasteiger partial charge < -0.3 is 10.1 Å². The van der Waals surface area contributed by atoms with Gasteiger partial charge in [-0.25, -0.2) is 20.0 Å². The molecule has 4 rings (SSSR count). The van der Waals surface area contributed by atoms with E-state index >= 15 is 0 Å². The highest BCUT2D eigenvalue weighted by molar-refractivity contribution is 7.99. The monoisotopic (exact) mass is 432 g/mol. The van der Waals surface area contributed by atoms with Crippen molar-refractivity contribution in [3.05, 3.63) is 70.2 Å². The molecule has 7 nitrogen and oxygen atoms in total. The summed E-state index contributed by atoms with van der Waals surface area (Å²) < 4.78 is 4.72. The number of nitrogens with one attached hydrogen (secondary N) is 3. The first kappa shape index (κ1) is 20.0. The van der Waals surface area contributed by atoms with Gasteiger partial charge in [-0.3, -0.25) is 5.32 Å². The summed E-state index contributed by atoms with van der Waals surface area (Å²) in [7, 11) is 1.36. The largest absolute Gasteiger partial charge is 0.465 e. The molecule has 3 unspecified atom stereocenters. The Balaban J connectivity index is 1.40. The number of fused-ring (bicyclic) bond motifs is 1. The van der Waals surface area contributed by atoms with Gasteiger partial charge in [0, 0.05) is 23.2 Å². The summed E-state index contributed by atoms with van der Waals surface area (Å²) in [5, 5.41) is 8.77. The number of hydrogen-bond donors (Lipinski definition) is 3. The number of hydrogen-bond acceptors (Lipinski definition) is 6. The fourth-order valence-electron chi connectivity index (χ4n) is 3.49. The lowest BCUT2D eigenvalue weighted by Gasteiger charge is -2.37. The second-order valence-corrected chi connectivity index (χ2v) is 8.36. The fourth-order valence-corrected chi connectivity index (χ4v) is 4.59. The minimum atomic E-state index is -0.354. The van der Waals surface area contributed by atoms with E-state index in [0.29, 0.717) is 22.9 Å². The Morgan fingerprint density at radius 1 is 1.21 bits per heavy atom. The molecule has 0 radical (unpaired) electrons. The summed E-state index contributed by atoms with van der Waals surface area (Å²) in [4.78, 5) is 24.0. The number of rotatable bonds is 5. The van der Waals surface area contributed by atoms with E-state index in [0.717, 1.165) is 11.1 Å². The van der Waals surface area contributed by atoms with Crippen LogP contribution in [0.5, 0.6) is 0 Å². The van der Waals surface area contributed by atoms with Crippen molar-refractivity contribution in [2.75, 3.05) is 13.7 Å². The molecule has 2 heterocycles. The molecule has 2 aliphatic rings.